The van der Waals surface area contributed by atoms with E-state index < -0.39 is 49.4 Å². The summed E-state index contributed by atoms with van der Waals surface area (Å²) in [5.41, 5.74) is 0.160. The quantitative estimate of drug-likeness (QED) is 0.603. The lowest BCUT2D eigenvalue weighted by Crippen LogP contribution is -2.42. The molecule has 1 fully saturated rings. The molecule has 1 amide bonds. The molecular weight excluding hydrogens is 360 g/mol. The summed E-state index contributed by atoms with van der Waals surface area (Å²) in [6.07, 6.45) is -1.31. The lowest BCUT2D eigenvalue weighted by molar-refractivity contribution is -0.114. The van der Waals surface area contributed by atoms with Gasteiger partial charge in [0.1, 0.15) is 5.75 Å². The number of nitrogens with one attached hydrogen (secondary N) is 2. The summed E-state index contributed by atoms with van der Waals surface area (Å²) in [6.45, 7) is 1.26. The first kappa shape index (κ1) is 18.6. The number of benzene rings is 1. The average molecular weight is 378 g/mol. The monoisotopic (exact) mass is 378 g/mol. The summed E-state index contributed by atoms with van der Waals surface area (Å²) >= 11 is 0. The minimum Gasteiger partial charge on any atom is -0.495 e. The smallest absolute Gasteiger partial charge is 0.241 e. The zero-order valence-electron chi connectivity index (χ0n) is 13.0. The molecule has 1 heterocycles. The third-order valence-corrected chi connectivity index (χ3v) is 6.63. The van der Waals surface area contributed by atoms with Crippen LogP contribution in [0.2, 0.25) is 0 Å². The molecule has 1 aromatic rings. The molecule has 1 aromatic carbocycles. The number of amides is 1. The van der Waals surface area contributed by atoms with E-state index in [2.05, 4.69) is 10.0 Å². The lowest BCUT2D eigenvalue weighted by Gasteiger charge is -2.16. The molecule has 0 spiro atoms. The third-order valence-electron chi connectivity index (χ3n) is 3.42. The first-order chi connectivity index (χ1) is 11.0. The first-order valence-electron chi connectivity index (χ1n) is 6.90. The highest BCUT2D eigenvalue weighted by Crippen LogP contribution is 2.28. The van der Waals surface area contributed by atoms with Crippen molar-refractivity contribution in [3.05, 3.63) is 18.2 Å². The standard InChI is InChI=1S/C13H18N2O7S2/c1-8(16)14-10-5-9(3-4-13(10)22-2)24(20,21)15-11-6-23(18,19)7-12(11)17/h3-5,11-12,15,17H,6-7H2,1-2H3,(H,14,16)/t11-,12+/m0/s1. The van der Waals surface area contributed by atoms with Crippen molar-refractivity contribution < 1.29 is 31.5 Å². The Morgan fingerprint density at radius 1 is 1.33 bits per heavy atom. The van der Waals surface area contributed by atoms with Gasteiger partial charge >= 0.3 is 0 Å². The van der Waals surface area contributed by atoms with Crippen molar-refractivity contribution >= 4 is 31.5 Å². The number of aliphatic hydroxyl groups is 1. The van der Waals surface area contributed by atoms with Crippen LogP contribution < -0.4 is 14.8 Å². The minimum absolute atomic E-state index is 0.160. The van der Waals surface area contributed by atoms with Gasteiger partial charge in [-0.05, 0) is 18.2 Å². The average Bonchev–Trinajstić information content (AvgIpc) is 2.69. The highest BCUT2D eigenvalue weighted by molar-refractivity contribution is 7.92. The molecule has 0 aliphatic carbocycles. The predicted octanol–water partition coefficient (Wildman–Crippen LogP) is -0.910. The molecule has 0 unspecified atom stereocenters. The van der Waals surface area contributed by atoms with E-state index in [1.54, 1.807) is 0 Å². The number of methoxy groups -OCH3 is 1. The number of hydrogen-bond acceptors (Lipinski definition) is 7. The molecule has 2 atom stereocenters. The van der Waals surface area contributed by atoms with Gasteiger partial charge in [0, 0.05) is 6.92 Å². The topological polar surface area (TPSA) is 139 Å². The Bertz CT molecular complexity index is 849. The van der Waals surface area contributed by atoms with Crippen LogP contribution in [0.4, 0.5) is 5.69 Å². The molecule has 1 aliphatic rings. The van der Waals surface area contributed by atoms with Gasteiger partial charge in [0.2, 0.25) is 15.9 Å². The Balaban J connectivity index is 2.31. The Kier molecular flexibility index (Phi) is 5.18. The van der Waals surface area contributed by atoms with Gasteiger partial charge in [-0.2, -0.15) is 0 Å². The second kappa shape index (κ2) is 6.67. The van der Waals surface area contributed by atoms with E-state index in [0.717, 1.165) is 0 Å². The largest absolute Gasteiger partial charge is 0.495 e. The van der Waals surface area contributed by atoms with Gasteiger partial charge in [0.15, 0.2) is 9.84 Å². The highest BCUT2D eigenvalue weighted by Gasteiger charge is 2.39. The van der Waals surface area contributed by atoms with Crippen LogP contribution in [-0.4, -0.2) is 58.6 Å². The van der Waals surface area contributed by atoms with Crippen LogP contribution in [0.15, 0.2) is 23.1 Å². The van der Waals surface area contributed by atoms with Gasteiger partial charge in [0.05, 0.1) is 41.3 Å². The van der Waals surface area contributed by atoms with Gasteiger partial charge in [-0.15, -0.1) is 0 Å². The van der Waals surface area contributed by atoms with Crippen LogP contribution in [0.3, 0.4) is 0 Å². The van der Waals surface area contributed by atoms with E-state index in [4.69, 9.17) is 4.74 Å². The number of rotatable bonds is 5. The van der Waals surface area contributed by atoms with Crippen LogP contribution >= 0.6 is 0 Å². The molecule has 134 valence electrons. The van der Waals surface area contributed by atoms with Crippen LogP contribution in [0.5, 0.6) is 5.75 Å². The van der Waals surface area contributed by atoms with Crippen molar-refractivity contribution in [3.8, 4) is 5.75 Å². The fourth-order valence-electron chi connectivity index (χ4n) is 2.35. The highest BCUT2D eigenvalue weighted by atomic mass is 32.2. The fourth-order valence-corrected chi connectivity index (χ4v) is 5.49. The van der Waals surface area contributed by atoms with Crippen LogP contribution in [0.25, 0.3) is 0 Å². The van der Waals surface area contributed by atoms with Crippen molar-refractivity contribution in [1.29, 1.82) is 0 Å². The number of anilines is 1. The maximum Gasteiger partial charge on any atom is 0.241 e. The summed E-state index contributed by atoms with van der Waals surface area (Å²) in [5.74, 6) is -1.09. The zero-order chi connectivity index (χ0) is 18.1. The van der Waals surface area contributed by atoms with Gasteiger partial charge in [-0.1, -0.05) is 0 Å². The summed E-state index contributed by atoms with van der Waals surface area (Å²) in [4.78, 5) is 11.0. The Morgan fingerprint density at radius 2 is 2.00 bits per heavy atom. The van der Waals surface area contributed by atoms with Gasteiger partial charge < -0.3 is 15.2 Å². The van der Waals surface area contributed by atoms with E-state index in [9.17, 15) is 26.7 Å². The maximum atomic E-state index is 12.4. The van der Waals surface area contributed by atoms with Gasteiger partial charge in [-0.25, -0.2) is 21.6 Å². The summed E-state index contributed by atoms with van der Waals surface area (Å²) in [6, 6.07) is 2.69. The molecule has 1 aliphatic heterocycles. The Hall–Kier alpha value is -1.69. The van der Waals surface area contributed by atoms with Crippen molar-refractivity contribution in [3.63, 3.8) is 0 Å². The van der Waals surface area contributed by atoms with Gasteiger partial charge in [0.25, 0.3) is 0 Å². The molecule has 24 heavy (non-hydrogen) atoms. The number of sulfone groups is 1. The van der Waals surface area contributed by atoms with Crippen molar-refractivity contribution in [1.82, 2.24) is 4.72 Å². The van der Waals surface area contributed by atoms with Crippen molar-refractivity contribution in [2.75, 3.05) is 23.9 Å². The van der Waals surface area contributed by atoms with Crippen LogP contribution in [0, 0.1) is 0 Å². The number of carbonyl (C=O) groups is 1. The lowest BCUT2D eigenvalue weighted by atomic mass is 10.2. The number of carbonyl (C=O) groups excluding carboxylic acids is 1. The van der Waals surface area contributed by atoms with Crippen LogP contribution in [0.1, 0.15) is 6.92 Å². The summed E-state index contributed by atoms with van der Waals surface area (Å²) in [7, 11) is -6.21. The second-order valence-electron chi connectivity index (χ2n) is 5.42. The maximum absolute atomic E-state index is 12.4. The molecule has 0 aromatic heterocycles. The number of hydrogen-bond donors (Lipinski definition) is 3. The van der Waals surface area contributed by atoms with E-state index >= 15 is 0 Å². The third kappa shape index (κ3) is 4.23. The Labute approximate surface area is 140 Å². The molecule has 3 N–H and O–H groups in total. The normalized spacial score (nSPS) is 23.0. The van der Waals surface area contributed by atoms with Crippen molar-refractivity contribution in [2.45, 2.75) is 24.0 Å². The molecule has 0 bridgehead atoms. The van der Waals surface area contributed by atoms with Crippen molar-refractivity contribution in [2.24, 2.45) is 0 Å². The Morgan fingerprint density at radius 3 is 2.50 bits per heavy atom. The van der Waals surface area contributed by atoms with E-state index in [1.165, 1.54) is 32.2 Å². The predicted molar refractivity (Wildman–Crippen MR) is 86.1 cm³/mol. The number of aliphatic hydroxyl groups excluding tert-OH is 1. The zero-order valence-corrected chi connectivity index (χ0v) is 14.6. The van der Waals surface area contributed by atoms with Gasteiger partial charge in [-0.3, -0.25) is 4.79 Å². The fraction of sp³-hybridized carbons (Fsp3) is 0.462. The first-order valence-corrected chi connectivity index (χ1v) is 10.2. The minimum atomic E-state index is -4.09. The molecule has 0 saturated carbocycles. The van der Waals surface area contributed by atoms with E-state index in [1.807, 2.05) is 0 Å². The van der Waals surface area contributed by atoms with E-state index in [-0.39, 0.29) is 16.3 Å². The second-order valence-corrected chi connectivity index (χ2v) is 9.28. The van der Waals surface area contributed by atoms with E-state index in [0.29, 0.717) is 0 Å². The van der Waals surface area contributed by atoms with Crippen LogP contribution in [-0.2, 0) is 24.7 Å². The summed E-state index contributed by atoms with van der Waals surface area (Å²) < 4.78 is 55.0. The molecule has 2 rings (SSSR count). The molecule has 0 radical (unpaired) electrons. The molecule has 9 nitrogen and oxygen atoms in total. The molecule has 1 saturated heterocycles. The number of ether oxygens (including phenoxy) is 1. The molecular formula is C13H18N2O7S2. The summed E-state index contributed by atoms with van der Waals surface area (Å²) in [5, 5.41) is 12.2. The number of sulfonamides is 1. The molecule has 11 heteroatoms. The SMILES string of the molecule is COc1ccc(S(=O)(=O)N[C@H]2CS(=O)(=O)C[C@H]2O)cc1NC(C)=O.